The summed E-state index contributed by atoms with van der Waals surface area (Å²) >= 11 is -0.681. The highest BCUT2D eigenvalue weighted by Gasteiger charge is 2.32. The van der Waals surface area contributed by atoms with Gasteiger partial charge in [-0.25, -0.2) is 0 Å². The highest BCUT2D eigenvalue weighted by atomic mass is 127. The molecule has 0 aliphatic heterocycles. The van der Waals surface area contributed by atoms with E-state index in [2.05, 4.69) is 13.8 Å². The molecule has 1 unspecified atom stereocenters. The maximum absolute atomic E-state index is 8.94. The summed E-state index contributed by atoms with van der Waals surface area (Å²) in [6, 6.07) is 0. The predicted molar refractivity (Wildman–Crippen MR) is 65.0 cm³/mol. The predicted octanol–water partition coefficient (Wildman–Crippen LogP) is 3.11. The van der Waals surface area contributed by atoms with Crippen molar-refractivity contribution < 1.29 is 3.44 Å². The quantitative estimate of drug-likeness (QED) is 0.736. The fourth-order valence-corrected chi connectivity index (χ4v) is 2.98. The molecule has 0 aromatic rings. The van der Waals surface area contributed by atoms with E-state index in [1.807, 2.05) is 4.01 Å². The van der Waals surface area contributed by atoms with Crippen molar-refractivity contribution >= 4 is 25.2 Å². The van der Waals surface area contributed by atoms with Crippen LogP contribution >= 0.6 is 21.1 Å². The van der Waals surface area contributed by atoms with Crippen LogP contribution in [0, 0.1) is 5.92 Å². The maximum atomic E-state index is 8.94. The molecular weight excluding hydrogens is 275 g/mol. The second-order valence-electron chi connectivity index (χ2n) is 4.14. The summed E-state index contributed by atoms with van der Waals surface area (Å²) in [7, 11) is 0. The van der Waals surface area contributed by atoms with Crippen LogP contribution in [0.15, 0.2) is 22.3 Å². The summed E-state index contributed by atoms with van der Waals surface area (Å²) in [4.78, 5) is 0. The first kappa shape index (κ1) is 9.59. The Kier molecular flexibility index (Phi) is 2.70. The van der Waals surface area contributed by atoms with Crippen molar-refractivity contribution in [3.05, 3.63) is 22.3 Å². The third-order valence-electron chi connectivity index (χ3n) is 2.89. The van der Waals surface area contributed by atoms with Crippen LogP contribution in [0.25, 0.3) is 0 Å². The lowest BCUT2D eigenvalue weighted by Gasteiger charge is -2.15. The molecule has 2 heteroatoms. The summed E-state index contributed by atoms with van der Waals surface area (Å²) in [6.45, 7) is 4.47. The zero-order chi connectivity index (χ0) is 9.42. The number of allylic oxidation sites excluding steroid dienone is 4. The van der Waals surface area contributed by atoms with Crippen LogP contribution in [0.4, 0.5) is 0 Å². The van der Waals surface area contributed by atoms with Gasteiger partial charge in [-0.15, -0.1) is 0 Å². The molecule has 0 saturated carbocycles. The molecule has 2 rings (SSSR count). The average Bonchev–Trinajstić information content (AvgIpc) is 2.81. The van der Waals surface area contributed by atoms with E-state index in [-0.39, 0.29) is 0 Å². The van der Waals surface area contributed by atoms with Crippen molar-refractivity contribution in [1.82, 2.24) is 0 Å². The smallest absolute Gasteiger partial charge is 0.0391 e. The Morgan fingerprint density at radius 1 is 1.54 bits per heavy atom. The zero-order valence-corrected chi connectivity index (χ0v) is 10.3. The number of hydrogen-bond donors (Lipinski definition) is 1. The lowest BCUT2D eigenvalue weighted by molar-refractivity contribution is 0.574. The van der Waals surface area contributed by atoms with E-state index in [9.17, 15) is 0 Å². The molecule has 2 aliphatic rings. The normalized spacial score (nSPS) is 31.5. The van der Waals surface area contributed by atoms with Crippen LogP contribution in [0.1, 0.15) is 33.1 Å². The summed E-state index contributed by atoms with van der Waals surface area (Å²) in [5, 5.41) is 0. The summed E-state index contributed by atoms with van der Waals surface area (Å²) in [5.41, 5.74) is 6.18. The van der Waals surface area contributed by atoms with Gasteiger partial charge < -0.3 is 3.44 Å². The fraction of sp³-hybridized carbons (Fsp3) is 0.545. The molecule has 1 nitrogen and oxygen atoms in total. The Morgan fingerprint density at radius 2 is 2.31 bits per heavy atom. The molecule has 0 aromatic carbocycles. The minimum atomic E-state index is -0.681. The van der Waals surface area contributed by atoms with Crippen LogP contribution in [-0.2, 0) is 0 Å². The van der Waals surface area contributed by atoms with Gasteiger partial charge in [0.2, 0.25) is 0 Å². The van der Waals surface area contributed by atoms with E-state index in [1.54, 1.807) is 16.7 Å². The molecule has 1 atom stereocenters. The topological polar surface area (TPSA) is 20.2 Å². The molecule has 0 fully saturated rings. The summed E-state index contributed by atoms with van der Waals surface area (Å²) in [5.74, 6) is 0.816. The van der Waals surface area contributed by atoms with Crippen LogP contribution in [-0.4, -0.2) is 7.45 Å². The van der Waals surface area contributed by atoms with Crippen molar-refractivity contribution in [3.8, 4) is 0 Å². The fourth-order valence-electron chi connectivity index (χ4n) is 2.19. The highest BCUT2D eigenvalue weighted by molar-refractivity contribution is 14.2. The molecule has 0 saturated heterocycles. The third kappa shape index (κ3) is 1.94. The van der Waals surface area contributed by atoms with E-state index in [0.29, 0.717) is 0 Å². The van der Waals surface area contributed by atoms with Gasteiger partial charge in [0.05, 0.1) is 0 Å². The van der Waals surface area contributed by atoms with Gasteiger partial charge in [0.1, 0.15) is 0 Å². The van der Waals surface area contributed by atoms with Crippen molar-refractivity contribution in [1.29, 1.82) is 0 Å². The van der Waals surface area contributed by atoms with Gasteiger partial charge in [-0.1, -0.05) is 12.5 Å². The Hall–Kier alpha value is 0.0400. The molecule has 13 heavy (non-hydrogen) atoms. The SMILES string of the molecule is C/C(C=IO)=C1/CC(C)CC2=C1C2. The third-order valence-corrected chi connectivity index (χ3v) is 4.10. The molecule has 2 aliphatic carbocycles. The maximum Gasteiger partial charge on any atom is 0.0391 e. The van der Waals surface area contributed by atoms with E-state index >= 15 is 0 Å². The Morgan fingerprint density at radius 3 is 3.00 bits per heavy atom. The first-order valence-electron chi connectivity index (χ1n) is 4.73. The van der Waals surface area contributed by atoms with Crippen LogP contribution in [0.5, 0.6) is 0 Å². The minimum Gasteiger partial charge on any atom is -0.337 e. The standard InChI is InChI=1S/C11H15IO/c1-7-3-9-5-11(9)10(4-7)8(2)6-12-13/h6-7,13H,3-5H2,1-2H3/b10-8+. The van der Waals surface area contributed by atoms with E-state index < -0.39 is 21.1 Å². The van der Waals surface area contributed by atoms with Crippen LogP contribution in [0.3, 0.4) is 0 Å². The lowest BCUT2D eigenvalue weighted by Crippen LogP contribution is -2.01. The highest BCUT2D eigenvalue weighted by Crippen LogP contribution is 2.49. The van der Waals surface area contributed by atoms with Gasteiger partial charge in [-0.2, -0.15) is 0 Å². The second-order valence-corrected chi connectivity index (χ2v) is 5.32. The van der Waals surface area contributed by atoms with Crippen molar-refractivity contribution in [3.63, 3.8) is 0 Å². The molecule has 0 bridgehead atoms. The van der Waals surface area contributed by atoms with Gasteiger partial charge in [-0.05, 0) is 52.8 Å². The molecule has 0 amide bonds. The molecular formula is C11H15IO. The van der Waals surface area contributed by atoms with E-state index in [1.165, 1.54) is 24.8 Å². The van der Waals surface area contributed by atoms with Crippen molar-refractivity contribution in [2.24, 2.45) is 5.92 Å². The van der Waals surface area contributed by atoms with Gasteiger partial charge in [-0.3, -0.25) is 0 Å². The largest absolute Gasteiger partial charge is 0.337 e. The molecule has 1 N–H and O–H groups in total. The minimum absolute atomic E-state index is 0.681. The van der Waals surface area contributed by atoms with Gasteiger partial charge in [0.15, 0.2) is 0 Å². The molecule has 0 aromatic heterocycles. The molecule has 72 valence electrons. The monoisotopic (exact) mass is 290 g/mol. The Labute approximate surface area is 89.8 Å². The average molecular weight is 290 g/mol. The van der Waals surface area contributed by atoms with Crippen molar-refractivity contribution in [2.75, 3.05) is 0 Å². The van der Waals surface area contributed by atoms with Crippen LogP contribution < -0.4 is 0 Å². The van der Waals surface area contributed by atoms with Crippen LogP contribution in [0.2, 0.25) is 0 Å². The summed E-state index contributed by atoms with van der Waals surface area (Å²) in [6.07, 6.45) is 3.81. The summed E-state index contributed by atoms with van der Waals surface area (Å²) < 4.78 is 11.0. The Bertz CT molecular complexity index is 323. The number of halogens is 1. The number of hydrogen-bond acceptors (Lipinski definition) is 1. The van der Waals surface area contributed by atoms with Gasteiger partial charge >= 0.3 is 0 Å². The van der Waals surface area contributed by atoms with Gasteiger partial charge in [0.25, 0.3) is 0 Å². The van der Waals surface area contributed by atoms with E-state index in [4.69, 9.17) is 3.44 Å². The lowest BCUT2D eigenvalue weighted by atomic mass is 9.90. The zero-order valence-electron chi connectivity index (χ0n) is 8.10. The van der Waals surface area contributed by atoms with Gasteiger partial charge in [0, 0.05) is 21.1 Å². The first-order chi connectivity index (χ1) is 6.22. The Balaban J connectivity index is 2.29. The molecule has 0 radical (unpaired) electrons. The van der Waals surface area contributed by atoms with E-state index in [0.717, 1.165) is 5.92 Å². The molecule has 0 spiro atoms. The first-order valence-corrected chi connectivity index (χ1v) is 6.94. The second kappa shape index (κ2) is 3.65. The number of rotatable bonds is 1. The molecule has 0 heterocycles. The van der Waals surface area contributed by atoms with Crippen molar-refractivity contribution in [2.45, 2.75) is 33.1 Å².